The summed E-state index contributed by atoms with van der Waals surface area (Å²) < 4.78 is 12.7. The van der Waals surface area contributed by atoms with E-state index < -0.39 is 10.8 Å². The molecule has 2 rings (SSSR count). The van der Waals surface area contributed by atoms with Crippen molar-refractivity contribution in [2.45, 2.75) is 57.1 Å². The second-order valence-electron chi connectivity index (χ2n) is 6.90. The Kier molecular flexibility index (Phi) is 4.48. The molecule has 0 heterocycles. The van der Waals surface area contributed by atoms with Crippen molar-refractivity contribution in [3.05, 3.63) is 29.8 Å². The number of carbonyl (C=O) groups excluding carboxylic acids is 1. The molecule has 0 radical (unpaired) electrons. The van der Waals surface area contributed by atoms with Crippen LogP contribution in [0.2, 0.25) is 0 Å². The van der Waals surface area contributed by atoms with E-state index in [4.69, 9.17) is 0 Å². The lowest BCUT2D eigenvalue weighted by Crippen LogP contribution is -2.37. The van der Waals surface area contributed by atoms with Crippen LogP contribution in [0, 0.1) is 18.3 Å². The molecule has 3 heteroatoms. The zero-order valence-corrected chi connectivity index (χ0v) is 13.6. The molecule has 1 unspecified atom stereocenters. The van der Waals surface area contributed by atoms with Crippen LogP contribution in [-0.4, -0.2) is 15.2 Å². The van der Waals surface area contributed by atoms with Gasteiger partial charge < -0.3 is 0 Å². The second kappa shape index (κ2) is 5.80. The molecule has 1 saturated carbocycles. The fourth-order valence-electron chi connectivity index (χ4n) is 2.82. The summed E-state index contributed by atoms with van der Waals surface area (Å²) in [4.78, 5) is 12.9. The van der Waals surface area contributed by atoms with Crippen LogP contribution >= 0.6 is 0 Å². The van der Waals surface area contributed by atoms with Crippen LogP contribution in [0.3, 0.4) is 0 Å². The van der Waals surface area contributed by atoms with Gasteiger partial charge in [0.1, 0.15) is 5.78 Å². The second-order valence-corrected chi connectivity index (χ2v) is 8.54. The zero-order chi connectivity index (χ0) is 14.9. The molecule has 0 aliphatic heterocycles. The Bertz CT molecular complexity index is 511. The van der Waals surface area contributed by atoms with Crippen molar-refractivity contribution in [3.63, 3.8) is 0 Å². The van der Waals surface area contributed by atoms with E-state index in [0.717, 1.165) is 23.3 Å². The Balaban J connectivity index is 2.19. The van der Waals surface area contributed by atoms with E-state index in [1.807, 2.05) is 31.2 Å². The van der Waals surface area contributed by atoms with Gasteiger partial charge >= 0.3 is 0 Å². The minimum absolute atomic E-state index is 0.171. The number of aryl methyl sites for hydroxylation is 1. The average molecular weight is 292 g/mol. The van der Waals surface area contributed by atoms with E-state index in [1.165, 1.54) is 0 Å². The Morgan fingerprint density at radius 1 is 1.15 bits per heavy atom. The number of hydrogen-bond donors (Lipinski definition) is 0. The van der Waals surface area contributed by atoms with Gasteiger partial charge in [-0.05, 0) is 43.2 Å². The molecule has 0 amide bonds. The zero-order valence-electron chi connectivity index (χ0n) is 12.8. The monoisotopic (exact) mass is 292 g/mol. The molecule has 1 aromatic rings. The van der Waals surface area contributed by atoms with Crippen molar-refractivity contribution in [2.75, 3.05) is 0 Å². The first-order chi connectivity index (χ1) is 9.29. The number of rotatable bonds is 2. The Hall–Kier alpha value is -0.960. The fraction of sp³-hybridized carbons (Fsp3) is 0.588. The standard InChI is InChI=1S/C17H24O2S/c1-12-5-8-14(9-6-12)20(19)16-11-13(17(2,3)4)7-10-15(16)18/h5-6,8-9,13,16H,7,10-11H2,1-4H3/t13-,16-,20?/m0/s1. The summed E-state index contributed by atoms with van der Waals surface area (Å²) in [5.74, 6) is 0.643. The normalized spacial score (nSPS) is 25.5. The van der Waals surface area contributed by atoms with E-state index in [0.29, 0.717) is 12.3 Å². The maximum atomic E-state index is 12.7. The molecule has 1 aliphatic rings. The molecule has 2 nitrogen and oxygen atoms in total. The predicted molar refractivity (Wildman–Crippen MR) is 83.2 cm³/mol. The highest BCUT2D eigenvalue weighted by atomic mass is 32.2. The molecule has 0 aromatic heterocycles. The summed E-state index contributed by atoms with van der Waals surface area (Å²) in [5.41, 5.74) is 1.32. The first-order valence-electron chi connectivity index (χ1n) is 7.29. The van der Waals surface area contributed by atoms with Crippen LogP contribution in [0.4, 0.5) is 0 Å². The van der Waals surface area contributed by atoms with E-state index in [1.54, 1.807) is 0 Å². The van der Waals surface area contributed by atoms with Gasteiger partial charge in [-0.3, -0.25) is 9.00 Å². The summed E-state index contributed by atoms with van der Waals surface area (Å²) in [5, 5.41) is -0.323. The molecule has 1 aromatic carbocycles. The van der Waals surface area contributed by atoms with Crippen molar-refractivity contribution in [1.29, 1.82) is 0 Å². The van der Waals surface area contributed by atoms with E-state index in [9.17, 15) is 9.00 Å². The molecule has 110 valence electrons. The summed E-state index contributed by atoms with van der Waals surface area (Å²) in [6.07, 6.45) is 2.26. The van der Waals surface area contributed by atoms with Crippen LogP contribution in [0.15, 0.2) is 29.2 Å². The van der Waals surface area contributed by atoms with Gasteiger partial charge in [-0.25, -0.2) is 0 Å². The smallest absolute Gasteiger partial charge is 0.148 e. The molecular weight excluding hydrogens is 268 g/mol. The molecule has 1 aliphatic carbocycles. The third-order valence-corrected chi connectivity index (χ3v) is 6.04. The predicted octanol–water partition coefficient (Wildman–Crippen LogP) is 3.89. The van der Waals surface area contributed by atoms with Gasteiger partial charge in [0.2, 0.25) is 0 Å². The van der Waals surface area contributed by atoms with Gasteiger partial charge in [-0.2, -0.15) is 0 Å². The molecule has 0 saturated heterocycles. The SMILES string of the molecule is Cc1ccc(S(=O)[C@H]2C[C@@H](C(C)(C)C)CCC2=O)cc1. The van der Waals surface area contributed by atoms with E-state index >= 15 is 0 Å². The van der Waals surface area contributed by atoms with Crippen LogP contribution in [0.5, 0.6) is 0 Å². The van der Waals surface area contributed by atoms with Gasteiger partial charge in [0.25, 0.3) is 0 Å². The van der Waals surface area contributed by atoms with E-state index in [2.05, 4.69) is 20.8 Å². The van der Waals surface area contributed by atoms with Gasteiger partial charge in [0.15, 0.2) is 0 Å². The van der Waals surface area contributed by atoms with Gasteiger partial charge in [-0.1, -0.05) is 38.5 Å². The lowest BCUT2D eigenvalue weighted by Gasteiger charge is -2.36. The number of Topliss-reactive ketones (excluding diaryl/α,β-unsaturated/α-hetero) is 1. The molecule has 0 spiro atoms. The molecule has 3 atom stereocenters. The fourth-order valence-corrected chi connectivity index (χ4v) is 4.31. The van der Waals surface area contributed by atoms with Crippen molar-refractivity contribution in [3.8, 4) is 0 Å². The Morgan fingerprint density at radius 3 is 2.30 bits per heavy atom. The van der Waals surface area contributed by atoms with Gasteiger partial charge in [-0.15, -0.1) is 0 Å². The quantitative estimate of drug-likeness (QED) is 0.829. The average Bonchev–Trinajstić information content (AvgIpc) is 2.38. The summed E-state index contributed by atoms with van der Waals surface area (Å²) in [7, 11) is -1.21. The van der Waals surface area contributed by atoms with E-state index in [-0.39, 0.29) is 16.4 Å². The number of ketones is 1. The maximum Gasteiger partial charge on any atom is 0.148 e. The molecular formula is C17H24O2S. The molecule has 1 fully saturated rings. The highest BCUT2D eigenvalue weighted by Crippen LogP contribution is 2.38. The van der Waals surface area contributed by atoms with Gasteiger partial charge in [0.05, 0.1) is 16.0 Å². The topological polar surface area (TPSA) is 34.1 Å². The van der Waals surface area contributed by atoms with Crippen molar-refractivity contribution < 1.29 is 9.00 Å². The molecule has 20 heavy (non-hydrogen) atoms. The highest BCUT2D eigenvalue weighted by molar-refractivity contribution is 7.86. The lowest BCUT2D eigenvalue weighted by molar-refractivity contribution is -0.121. The third-order valence-electron chi connectivity index (χ3n) is 4.33. The minimum atomic E-state index is -1.21. The summed E-state index contributed by atoms with van der Waals surface area (Å²) >= 11 is 0. The number of benzene rings is 1. The Morgan fingerprint density at radius 2 is 1.75 bits per heavy atom. The largest absolute Gasteiger partial charge is 0.298 e. The molecule has 0 N–H and O–H groups in total. The van der Waals surface area contributed by atoms with Crippen LogP contribution in [-0.2, 0) is 15.6 Å². The van der Waals surface area contributed by atoms with Crippen LogP contribution in [0.1, 0.15) is 45.6 Å². The van der Waals surface area contributed by atoms with Gasteiger partial charge in [0, 0.05) is 11.3 Å². The van der Waals surface area contributed by atoms with Crippen LogP contribution < -0.4 is 0 Å². The highest BCUT2D eigenvalue weighted by Gasteiger charge is 2.38. The summed E-state index contributed by atoms with van der Waals surface area (Å²) in [6.45, 7) is 8.63. The first-order valence-corrected chi connectivity index (χ1v) is 8.50. The van der Waals surface area contributed by atoms with Crippen LogP contribution in [0.25, 0.3) is 0 Å². The van der Waals surface area contributed by atoms with Crippen molar-refractivity contribution in [1.82, 2.24) is 0 Å². The van der Waals surface area contributed by atoms with Crippen molar-refractivity contribution in [2.24, 2.45) is 11.3 Å². The Labute approximate surface area is 124 Å². The lowest BCUT2D eigenvalue weighted by atomic mass is 9.72. The maximum absolute atomic E-state index is 12.7. The first kappa shape index (κ1) is 15.4. The molecule has 0 bridgehead atoms. The van der Waals surface area contributed by atoms with Crippen molar-refractivity contribution >= 4 is 16.6 Å². The minimum Gasteiger partial charge on any atom is -0.298 e. The number of carbonyl (C=O) groups is 1. The third kappa shape index (κ3) is 3.38. The number of hydrogen-bond acceptors (Lipinski definition) is 2. The summed E-state index contributed by atoms with van der Waals surface area (Å²) in [6, 6.07) is 7.70.